The normalized spacial score (nSPS) is 10.8. The highest BCUT2D eigenvalue weighted by molar-refractivity contribution is 6.29. The van der Waals surface area contributed by atoms with Crippen molar-refractivity contribution in [1.82, 2.24) is 4.98 Å². The van der Waals surface area contributed by atoms with Gasteiger partial charge in [0.05, 0.1) is 5.69 Å². The molecule has 0 saturated heterocycles. The number of halogens is 1. The van der Waals surface area contributed by atoms with Crippen molar-refractivity contribution in [2.45, 2.75) is 13.8 Å². The van der Waals surface area contributed by atoms with Gasteiger partial charge in [-0.25, -0.2) is 4.98 Å². The van der Waals surface area contributed by atoms with Gasteiger partial charge in [0.15, 0.2) is 5.69 Å². The zero-order valence-electron chi connectivity index (χ0n) is 8.03. The third-order valence-corrected chi connectivity index (χ3v) is 1.67. The first-order valence-electron chi connectivity index (χ1n) is 4.24. The van der Waals surface area contributed by atoms with Crippen molar-refractivity contribution >= 4 is 23.5 Å². The molecule has 1 aromatic rings. The average molecular weight is 208 g/mol. The van der Waals surface area contributed by atoms with Crippen LogP contribution in [-0.2, 0) is 0 Å². The molecule has 0 fully saturated rings. The van der Waals surface area contributed by atoms with Crippen LogP contribution in [0, 0.1) is 17.2 Å². The first-order chi connectivity index (χ1) is 6.63. The Morgan fingerprint density at radius 2 is 2.29 bits per heavy atom. The van der Waals surface area contributed by atoms with Crippen molar-refractivity contribution in [3.05, 3.63) is 23.0 Å². The quantitative estimate of drug-likeness (QED) is 0.553. The predicted octanol–water partition coefficient (Wildman–Crippen LogP) is 2.96. The largest absolute Gasteiger partial charge is 0.258 e. The molecule has 0 aromatic carbocycles. The van der Waals surface area contributed by atoms with E-state index in [2.05, 4.69) is 9.98 Å². The molecule has 0 saturated carbocycles. The fourth-order valence-corrected chi connectivity index (χ4v) is 0.991. The van der Waals surface area contributed by atoms with Gasteiger partial charge in [-0.05, 0) is 18.1 Å². The van der Waals surface area contributed by atoms with Crippen LogP contribution in [-0.4, -0.2) is 11.2 Å². The minimum absolute atomic E-state index is 0.259. The van der Waals surface area contributed by atoms with Crippen LogP contribution in [0.15, 0.2) is 17.1 Å². The summed E-state index contributed by atoms with van der Waals surface area (Å²) >= 11 is 5.64. The van der Waals surface area contributed by atoms with E-state index in [0.29, 0.717) is 16.8 Å². The SMILES string of the molecule is CC(C)C=Nc1ccc(Cl)nc1C#N. The minimum atomic E-state index is 0.259. The van der Waals surface area contributed by atoms with Crippen molar-refractivity contribution in [3.8, 4) is 6.07 Å². The topological polar surface area (TPSA) is 49.0 Å². The highest BCUT2D eigenvalue weighted by Gasteiger charge is 2.02. The lowest BCUT2D eigenvalue weighted by atomic mass is 10.2. The van der Waals surface area contributed by atoms with Gasteiger partial charge < -0.3 is 0 Å². The van der Waals surface area contributed by atoms with Crippen LogP contribution >= 0.6 is 11.6 Å². The number of nitriles is 1. The standard InChI is InChI=1S/C10H10ClN3/c1-7(2)6-13-8-3-4-10(11)14-9(8)5-12/h3-4,6-7H,1-2H3. The van der Waals surface area contributed by atoms with E-state index in [-0.39, 0.29) is 5.69 Å². The average Bonchev–Trinajstić information content (AvgIpc) is 2.15. The predicted molar refractivity (Wildman–Crippen MR) is 57.0 cm³/mol. The van der Waals surface area contributed by atoms with Gasteiger partial charge in [-0.15, -0.1) is 0 Å². The molecular weight excluding hydrogens is 198 g/mol. The van der Waals surface area contributed by atoms with Gasteiger partial charge in [-0.3, -0.25) is 4.99 Å². The zero-order chi connectivity index (χ0) is 10.6. The Labute approximate surface area is 88.1 Å². The fraction of sp³-hybridized carbons (Fsp3) is 0.300. The summed E-state index contributed by atoms with van der Waals surface area (Å²) < 4.78 is 0. The first kappa shape index (κ1) is 10.7. The molecule has 72 valence electrons. The number of aliphatic imine (C=N–C) groups is 1. The molecule has 0 aliphatic carbocycles. The van der Waals surface area contributed by atoms with E-state index in [9.17, 15) is 0 Å². The number of hydrogen-bond donors (Lipinski definition) is 0. The van der Waals surface area contributed by atoms with Gasteiger partial charge in [-0.2, -0.15) is 5.26 Å². The zero-order valence-corrected chi connectivity index (χ0v) is 8.78. The summed E-state index contributed by atoms with van der Waals surface area (Å²) in [7, 11) is 0. The lowest BCUT2D eigenvalue weighted by Gasteiger charge is -1.98. The monoisotopic (exact) mass is 207 g/mol. The van der Waals surface area contributed by atoms with Crippen LogP contribution in [0.25, 0.3) is 0 Å². The van der Waals surface area contributed by atoms with E-state index < -0.39 is 0 Å². The lowest BCUT2D eigenvalue weighted by Crippen LogP contribution is -1.88. The lowest BCUT2D eigenvalue weighted by molar-refractivity contribution is 0.907. The van der Waals surface area contributed by atoms with Gasteiger partial charge in [0, 0.05) is 6.21 Å². The van der Waals surface area contributed by atoms with Gasteiger partial charge in [0.25, 0.3) is 0 Å². The van der Waals surface area contributed by atoms with Gasteiger partial charge in [0.2, 0.25) is 0 Å². The molecule has 0 amide bonds. The Balaban J connectivity index is 3.04. The summed E-state index contributed by atoms with van der Waals surface area (Å²) in [6.45, 7) is 4.03. The molecule has 0 aliphatic rings. The Kier molecular flexibility index (Phi) is 3.61. The van der Waals surface area contributed by atoms with Crippen molar-refractivity contribution in [2.75, 3.05) is 0 Å². The summed E-state index contributed by atoms with van der Waals surface area (Å²) in [4.78, 5) is 8.01. The molecule has 1 rings (SSSR count). The van der Waals surface area contributed by atoms with Crippen LogP contribution < -0.4 is 0 Å². The summed E-state index contributed by atoms with van der Waals surface area (Å²) in [5.74, 6) is 0.345. The molecule has 4 heteroatoms. The summed E-state index contributed by atoms with van der Waals surface area (Å²) in [6.07, 6.45) is 1.77. The Bertz CT molecular complexity index is 391. The third-order valence-electron chi connectivity index (χ3n) is 1.46. The second kappa shape index (κ2) is 4.73. The van der Waals surface area contributed by atoms with E-state index in [1.54, 1.807) is 18.3 Å². The summed E-state index contributed by atoms with van der Waals surface area (Å²) in [6, 6.07) is 5.26. The third kappa shape index (κ3) is 2.82. The number of pyridine rings is 1. The number of aromatic nitrogens is 1. The molecule has 0 spiro atoms. The Morgan fingerprint density at radius 3 is 2.86 bits per heavy atom. The van der Waals surface area contributed by atoms with Crippen LogP contribution in [0.2, 0.25) is 5.15 Å². The van der Waals surface area contributed by atoms with Crippen LogP contribution in [0.3, 0.4) is 0 Å². The summed E-state index contributed by atoms with van der Waals surface area (Å²) in [5.41, 5.74) is 0.819. The highest BCUT2D eigenvalue weighted by atomic mass is 35.5. The molecule has 14 heavy (non-hydrogen) atoms. The van der Waals surface area contributed by atoms with Crippen LogP contribution in [0.5, 0.6) is 0 Å². The molecule has 1 aromatic heterocycles. The highest BCUT2D eigenvalue weighted by Crippen LogP contribution is 2.18. The van der Waals surface area contributed by atoms with Gasteiger partial charge in [0.1, 0.15) is 11.2 Å². The molecule has 0 aliphatic heterocycles. The maximum Gasteiger partial charge on any atom is 0.167 e. The van der Waals surface area contributed by atoms with E-state index in [4.69, 9.17) is 16.9 Å². The van der Waals surface area contributed by atoms with E-state index >= 15 is 0 Å². The Hall–Kier alpha value is -1.40. The van der Waals surface area contributed by atoms with E-state index in [1.165, 1.54) is 0 Å². The number of hydrogen-bond acceptors (Lipinski definition) is 3. The van der Waals surface area contributed by atoms with Crippen molar-refractivity contribution in [3.63, 3.8) is 0 Å². The molecule has 0 bridgehead atoms. The second-order valence-corrected chi connectivity index (χ2v) is 3.52. The van der Waals surface area contributed by atoms with Crippen molar-refractivity contribution in [2.24, 2.45) is 10.9 Å². The van der Waals surface area contributed by atoms with E-state index in [1.807, 2.05) is 19.9 Å². The van der Waals surface area contributed by atoms with Crippen molar-refractivity contribution in [1.29, 1.82) is 5.26 Å². The van der Waals surface area contributed by atoms with Crippen LogP contribution in [0.1, 0.15) is 19.5 Å². The number of rotatable bonds is 2. The van der Waals surface area contributed by atoms with Gasteiger partial charge in [-0.1, -0.05) is 25.4 Å². The minimum Gasteiger partial charge on any atom is -0.258 e. The van der Waals surface area contributed by atoms with Crippen molar-refractivity contribution < 1.29 is 0 Å². The molecule has 0 radical (unpaired) electrons. The molecule has 0 unspecified atom stereocenters. The maximum atomic E-state index is 8.76. The molecule has 1 heterocycles. The Morgan fingerprint density at radius 1 is 1.57 bits per heavy atom. The summed E-state index contributed by atoms with van der Waals surface area (Å²) in [5, 5.41) is 9.07. The molecule has 0 N–H and O–H groups in total. The maximum absolute atomic E-state index is 8.76. The molecule has 0 atom stereocenters. The smallest absolute Gasteiger partial charge is 0.167 e. The van der Waals surface area contributed by atoms with Crippen LogP contribution in [0.4, 0.5) is 5.69 Å². The molecule has 3 nitrogen and oxygen atoms in total. The molecular formula is C10H10ClN3. The second-order valence-electron chi connectivity index (χ2n) is 3.14. The first-order valence-corrected chi connectivity index (χ1v) is 4.62. The van der Waals surface area contributed by atoms with E-state index in [0.717, 1.165) is 0 Å². The van der Waals surface area contributed by atoms with Gasteiger partial charge >= 0.3 is 0 Å². The number of nitrogens with zero attached hydrogens (tertiary/aromatic N) is 3. The fourth-order valence-electron chi connectivity index (χ4n) is 0.844.